The standard InChI is InChI=1S/C15H18Cl2N2O/c16-12-2-1-3-13(17)14(12)15(20)19-6-4-10-8-18-9-11(10)5-7-19/h1-3,10-11,18H,4-9H2/t10-,11+. The van der Waals surface area contributed by atoms with Gasteiger partial charge in [-0.15, -0.1) is 0 Å². The van der Waals surface area contributed by atoms with Crippen LogP contribution in [0.2, 0.25) is 10.0 Å². The summed E-state index contributed by atoms with van der Waals surface area (Å²) in [4.78, 5) is 14.6. The number of hydrogen-bond acceptors (Lipinski definition) is 2. The molecule has 0 bridgehead atoms. The molecule has 3 rings (SSSR count). The van der Waals surface area contributed by atoms with Gasteiger partial charge in [0.2, 0.25) is 0 Å². The number of likely N-dealkylation sites (tertiary alicyclic amines) is 1. The maximum absolute atomic E-state index is 12.7. The molecule has 0 aliphatic carbocycles. The molecule has 0 spiro atoms. The number of benzene rings is 1. The quantitative estimate of drug-likeness (QED) is 0.864. The number of carbonyl (C=O) groups excluding carboxylic acids is 1. The average molecular weight is 313 g/mol. The van der Waals surface area contributed by atoms with Gasteiger partial charge in [-0.1, -0.05) is 29.3 Å². The Hall–Kier alpha value is -0.770. The minimum atomic E-state index is -0.0338. The summed E-state index contributed by atoms with van der Waals surface area (Å²) in [5.41, 5.74) is 0.445. The van der Waals surface area contributed by atoms with Crippen molar-refractivity contribution in [2.45, 2.75) is 12.8 Å². The smallest absolute Gasteiger partial charge is 0.256 e. The van der Waals surface area contributed by atoms with E-state index in [0.717, 1.165) is 39.0 Å². The van der Waals surface area contributed by atoms with E-state index in [1.807, 2.05) is 4.90 Å². The van der Waals surface area contributed by atoms with Gasteiger partial charge in [0.25, 0.3) is 5.91 Å². The van der Waals surface area contributed by atoms with E-state index in [2.05, 4.69) is 5.32 Å². The van der Waals surface area contributed by atoms with Crippen molar-refractivity contribution in [1.29, 1.82) is 0 Å². The lowest BCUT2D eigenvalue weighted by molar-refractivity contribution is 0.0759. The number of nitrogens with zero attached hydrogens (tertiary/aromatic N) is 1. The largest absolute Gasteiger partial charge is 0.339 e. The Kier molecular flexibility index (Phi) is 4.20. The van der Waals surface area contributed by atoms with Gasteiger partial charge in [-0.3, -0.25) is 4.79 Å². The van der Waals surface area contributed by atoms with Crippen LogP contribution in [0.3, 0.4) is 0 Å². The molecular weight excluding hydrogens is 295 g/mol. The molecule has 108 valence electrons. The molecule has 1 aromatic carbocycles. The normalized spacial score (nSPS) is 26.2. The second kappa shape index (κ2) is 5.92. The molecule has 5 heteroatoms. The number of hydrogen-bond donors (Lipinski definition) is 1. The van der Waals surface area contributed by atoms with Gasteiger partial charge in [0.1, 0.15) is 0 Å². The van der Waals surface area contributed by atoms with Gasteiger partial charge in [-0.25, -0.2) is 0 Å². The van der Waals surface area contributed by atoms with Crippen LogP contribution in [0, 0.1) is 11.8 Å². The van der Waals surface area contributed by atoms with Crippen LogP contribution in [0.5, 0.6) is 0 Å². The van der Waals surface area contributed by atoms with Crippen molar-refractivity contribution in [1.82, 2.24) is 10.2 Å². The number of fused-ring (bicyclic) bond motifs is 1. The van der Waals surface area contributed by atoms with Crippen molar-refractivity contribution in [2.75, 3.05) is 26.2 Å². The lowest BCUT2D eigenvalue weighted by Gasteiger charge is -2.22. The van der Waals surface area contributed by atoms with Gasteiger partial charge in [-0.05, 0) is 49.9 Å². The maximum Gasteiger partial charge on any atom is 0.256 e. The average Bonchev–Trinajstić information content (AvgIpc) is 2.77. The predicted molar refractivity (Wildman–Crippen MR) is 81.4 cm³/mol. The predicted octanol–water partition coefficient (Wildman–Crippen LogP) is 3.07. The molecule has 20 heavy (non-hydrogen) atoms. The molecule has 3 nitrogen and oxygen atoms in total. The Bertz CT molecular complexity index is 486. The number of amides is 1. The van der Waals surface area contributed by atoms with Crippen LogP contribution in [0.4, 0.5) is 0 Å². The summed E-state index contributed by atoms with van der Waals surface area (Å²) in [6.07, 6.45) is 2.12. The molecule has 1 amide bonds. The highest BCUT2D eigenvalue weighted by molar-refractivity contribution is 6.39. The van der Waals surface area contributed by atoms with E-state index in [-0.39, 0.29) is 5.91 Å². The zero-order valence-corrected chi connectivity index (χ0v) is 12.8. The summed E-state index contributed by atoms with van der Waals surface area (Å²) in [5.74, 6) is 1.37. The Morgan fingerprint density at radius 2 is 1.65 bits per heavy atom. The van der Waals surface area contributed by atoms with E-state index in [1.54, 1.807) is 18.2 Å². The SMILES string of the molecule is O=C(c1c(Cl)cccc1Cl)N1CC[C@@H]2CNC[C@@H]2CC1. The lowest BCUT2D eigenvalue weighted by atomic mass is 9.92. The van der Waals surface area contributed by atoms with Crippen LogP contribution in [-0.4, -0.2) is 37.0 Å². The first-order chi connectivity index (χ1) is 9.66. The zero-order valence-electron chi connectivity index (χ0n) is 11.2. The van der Waals surface area contributed by atoms with Crippen molar-refractivity contribution in [2.24, 2.45) is 11.8 Å². The van der Waals surface area contributed by atoms with Crippen molar-refractivity contribution < 1.29 is 4.79 Å². The molecule has 0 saturated carbocycles. The highest BCUT2D eigenvalue weighted by Crippen LogP contribution is 2.30. The lowest BCUT2D eigenvalue weighted by Crippen LogP contribution is -2.33. The third-order valence-corrected chi connectivity index (χ3v) is 5.11. The first-order valence-electron chi connectivity index (χ1n) is 7.11. The van der Waals surface area contributed by atoms with Crippen LogP contribution in [0.1, 0.15) is 23.2 Å². The van der Waals surface area contributed by atoms with E-state index in [4.69, 9.17) is 23.2 Å². The van der Waals surface area contributed by atoms with Crippen molar-refractivity contribution >= 4 is 29.1 Å². The molecule has 2 aliphatic heterocycles. The van der Waals surface area contributed by atoms with Crippen LogP contribution in [0.25, 0.3) is 0 Å². The third kappa shape index (κ3) is 2.67. The van der Waals surface area contributed by atoms with E-state index < -0.39 is 0 Å². The summed E-state index contributed by atoms with van der Waals surface area (Å²) < 4.78 is 0. The summed E-state index contributed by atoms with van der Waals surface area (Å²) in [5, 5.41) is 4.32. The number of carbonyl (C=O) groups is 1. The van der Waals surface area contributed by atoms with Crippen molar-refractivity contribution in [3.8, 4) is 0 Å². The molecule has 2 aliphatic rings. The van der Waals surface area contributed by atoms with Crippen LogP contribution < -0.4 is 5.32 Å². The van der Waals surface area contributed by atoms with E-state index in [1.165, 1.54) is 0 Å². The molecule has 1 aromatic rings. The van der Waals surface area contributed by atoms with Gasteiger partial charge >= 0.3 is 0 Å². The fourth-order valence-electron chi connectivity index (χ4n) is 3.28. The van der Waals surface area contributed by atoms with E-state index in [0.29, 0.717) is 27.4 Å². The molecule has 2 saturated heterocycles. The highest BCUT2D eigenvalue weighted by atomic mass is 35.5. The van der Waals surface area contributed by atoms with Crippen LogP contribution >= 0.6 is 23.2 Å². The molecule has 1 N–H and O–H groups in total. The first kappa shape index (κ1) is 14.2. The van der Waals surface area contributed by atoms with Gasteiger partial charge in [0.05, 0.1) is 15.6 Å². The van der Waals surface area contributed by atoms with Gasteiger partial charge in [0.15, 0.2) is 0 Å². The van der Waals surface area contributed by atoms with Crippen LogP contribution in [0.15, 0.2) is 18.2 Å². The van der Waals surface area contributed by atoms with Crippen LogP contribution in [-0.2, 0) is 0 Å². The maximum atomic E-state index is 12.7. The fraction of sp³-hybridized carbons (Fsp3) is 0.533. The summed E-state index contributed by atoms with van der Waals surface area (Å²) in [7, 11) is 0. The summed E-state index contributed by atoms with van der Waals surface area (Å²) >= 11 is 12.3. The van der Waals surface area contributed by atoms with Gasteiger partial charge in [0, 0.05) is 13.1 Å². The summed E-state index contributed by atoms with van der Waals surface area (Å²) in [6.45, 7) is 3.76. The zero-order chi connectivity index (χ0) is 14.1. The Balaban J connectivity index is 1.77. The molecule has 0 radical (unpaired) electrons. The van der Waals surface area contributed by atoms with E-state index in [9.17, 15) is 4.79 Å². The Morgan fingerprint density at radius 3 is 2.20 bits per heavy atom. The second-order valence-electron chi connectivity index (χ2n) is 5.64. The molecule has 2 heterocycles. The minimum Gasteiger partial charge on any atom is -0.339 e. The topological polar surface area (TPSA) is 32.3 Å². The number of nitrogens with one attached hydrogen (secondary N) is 1. The molecular formula is C15H18Cl2N2O. The molecule has 0 aromatic heterocycles. The number of rotatable bonds is 1. The summed E-state index contributed by atoms with van der Waals surface area (Å²) in [6, 6.07) is 5.20. The van der Waals surface area contributed by atoms with Gasteiger partial charge in [-0.2, -0.15) is 0 Å². The van der Waals surface area contributed by atoms with Crippen molar-refractivity contribution in [3.05, 3.63) is 33.8 Å². The second-order valence-corrected chi connectivity index (χ2v) is 6.46. The number of halogens is 2. The van der Waals surface area contributed by atoms with E-state index >= 15 is 0 Å². The Labute approximate surface area is 129 Å². The van der Waals surface area contributed by atoms with Crippen molar-refractivity contribution in [3.63, 3.8) is 0 Å². The molecule has 2 atom stereocenters. The molecule has 0 unspecified atom stereocenters. The monoisotopic (exact) mass is 312 g/mol. The first-order valence-corrected chi connectivity index (χ1v) is 7.86. The molecule has 2 fully saturated rings. The highest BCUT2D eigenvalue weighted by Gasteiger charge is 2.32. The third-order valence-electron chi connectivity index (χ3n) is 4.48. The Morgan fingerprint density at radius 1 is 1.10 bits per heavy atom. The van der Waals surface area contributed by atoms with Gasteiger partial charge < -0.3 is 10.2 Å². The minimum absolute atomic E-state index is 0.0338. The fourth-order valence-corrected chi connectivity index (χ4v) is 3.84.